The fraction of sp³-hybridized carbons (Fsp3) is 0.462. The summed E-state index contributed by atoms with van der Waals surface area (Å²) in [5.41, 5.74) is 2.91. The first-order valence-corrected chi connectivity index (χ1v) is 15.9. The highest BCUT2D eigenvalue weighted by Crippen LogP contribution is 2.36. The van der Waals surface area contributed by atoms with E-state index >= 15 is 0 Å². The van der Waals surface area contributed by atoms with Crippen molar-refractivity contribution >= 4 is 36.6 Å². The van der Waals surface area contributed by atoms with Gasteiger partial charge in [0, 0.05) is 43.5 Å². The fourth-order valence-electron chi connectivity index (χ4n) is 5.52. The fourth-order valence-corrected chi connectivity index (χ4v) is 8.02. The standard InChI is InChI=1S/C26H33FN4O4S2/c1-18(2)31-17-20-15-21(36(3,32)33)7-8-25(20)30(37(31,34)35)14-13-29-11-9-19(10-12-29)23-16-28-26-22(23)5-4-6-24(26)27/h4-8,15-16,18-19,28H,9-14,17H2,1-3H3. The molecule has 11 heteroatoms. The van der Waals surface area contributed by atoms with E-state index in [9.17, 15) is 21.2 Å². The Morgan fingerprint density at radius 1 is 1.11 bits per heavy atom. The third kappa shape index (κ3) is 4.89. The van der Waals surface area contributed by atoms with E-state index in [2.05, 4.69) is 9.88 Å². The van der Waals surface area contributed by atoms with E-state index in [-0.39, 0.29) is 29.8 Å². The molecule has 0 atom stereocenters. The maximum Gasteiger partial charge on any atom is 0.304 e. The lowest BCUT2D eigenvalue weighted by Crippen LogP contribution is -2.52. The number of fused-ring (bicyclic) bond motifs is 2. The number of aromatic nitrogens is 1. The van der Waals surface area contributed by atoms with Crippen LogP contribution in [0.3, 0.4) is 0 Å². The van der Waals surface area contributed by atoms with E-state index in [1.54, 1.807) is 18.2 Å². The van der Waals surface area contributed by atoms with E-state index in [4.69, 9.17) is 0 Å². The number of H-pyrrole nitrogens is 1. The van der Waals surface area contributed by atoms with Gasteiger partial charge in [0.1, 0.15) is 5.82 Å². The average Bonchev–Trinajstić information content (AvgIpc) is 3.28. The van der Waals surface area contributed by atoms with Gasteiger partial charge in [0.15, 0.2) is 9.84 Å². The second-order valence-electron chi connectivity index (χ2n) is 10.3. The molecule has 1 fully saturated rings. The topological polar surface area (TPSA) is 93.8 Å². The number of nitrogens with one attached hydrogen (secondary N) is 1. The van der Waals surface area contributed by atoms with Gasteiger partial charge >= 0.3 is 10.2 Å². The van der Waals surface area contributed by atoms with Gasteiger partial charge in [-0.1, -0.05) is 12.1 Å². The Bertz CT molecular complexity index is 1530. The molecule has 0 unspecified atom stereocenters. The molecule has 0 spiro atoms. The Morgan fingerprint density at radius 2 is 1.84 bits per heavy atom. The van der Waals surface area contributed by atoms with Gasteiger partial charge in [0.25, 0.3) is 0 Å². The molecule has 1 N–H and O–H groups in total. The SMILES string of the molecule is CC(C)N1Cc2cc(S(C)(=O)=O)ccc2N(CCN2CCC(c3c[nH]c4c(F)cccc34)CC2)S1(=O)=O. The normalized spacial score (nSPS) is 19.5. The molecule has 2 aromatic carbocycles. The first-order chi connectivity index (χ1) is 17.5. The summed E-state index contributed by atoms with van der Waals surface area (Å²) in [4.78, 5) is 5.53. The molecule has 3 aromatic rings. The van der Waals surface area contributed by atoms with Gasteiger partial charge in [-0.3, -0.25) is 4.31 Å². The van der Waals surface area contributed by atoms with Crippen molar-refractivity contribution in [3.8, 4) is 0 Å². The van der Waals surface area contributed by atoms with Gasteiger partial charge in [0.2, 0.25) is 0 Å². The number of sulfone groups is 1. The quantitative estimate of drug-likeness (QED) is 0.505. The highest BCUT2D eigenvalue weighted by Gasteiger charge is 2.38. The maximum atomic E-state index is 14.1. The minimum atomic E-state index is -3.75. The zero-order valence-corrected chi connectivity index (χ0v) is 22.9. The molecule has 0 saturated carbocycles. The maximum absolute atomic E-state index is 14.1. The molecule has 1 aromatic heterocycles. The first-order valence-electron chi connectivity index (χ1n) is 12.6. The van der Waals surface area contributed by atoms with Crippen LogP contribution in [0.4, 0.5) is 10.1 Å². The molecule has 0 bridgehead atoms. The molecule has 0 amide bonds. The lowest BCUT2D eigenvalue weighted by Gasteiger charge is -2.40. The summed E-state index contributed by atoms with van der Waals surface area (Å²) in [6, 6.07) is 9.57. The van der Waals surface area contributed by atoms with E-state index in [0.717, 1.165) is 43.1 Å². The summed E-state index contributed by atoms with van der Waals surface area (Å²) in [7, 11) is -7.16. The van der Waals surface area contributed by atoms with E-state index < -0.39 is 20.0 Å². The summed E-state index contributed by atoms with van der Waals surface area (Å²) in [5.74, 6) is 0.0698. The number of piperidine rings is 1. The summed E-state index contributed by atoms with van der Waals surface area (Å²) < 4.78 is 68.2. The molecule has 200 valence electrons. The van der Waals surface area contributed by atoms with Crippen molar-refractivity contribution in [1.82, 2.24) is 14.2 Å². The summed E-state index contributed by atoms with van der Waals surface area (Å²) >= 11 is 0. The predicted octanol–water partition coefficient (Wildman–Crippen LogP) is 3.87. The Hall–Kier alpha value is -2.47. The predicted molar refractivity (Wildman–Crippen MR) is 143 cm³/mol. The van der Waals surface area contributed by atoms with Crippen molar-refractivity contribution < 1.29 is 21.2 Å². The largest absolute Gasteiger partial charge is 0.359 e. The highest BCUT2D eigenvalue weighted by atomic mass is 32.2. The Balaban J connectivity index is 1.32. The lowest BCUT2D eigenvalue weighted by atomic mass is 9.89. The van der Waals surface area contributed by atoms with Crippen LogP contribution >= 0.6 is 0 Å². The van der Waals surface area contributed by atoms with Crippen LogP contribution in [0.25, 0.3) is 10.9 Å². The summed E-state index contributed by atoms with van der Waals surface area (Å²) in [6.07, 6.45) is 4.88. The third-order valence-electron chi connectivity index (χ3n) is 7.57. The van der Waals surface area contributed by atoms with Crippen molar-refractivity contribution in [3.63, 3.8) is 0 Å². The van der Waals surface area contributed by atoms with Gasteiger partial charge in [-0.25, -0.2) is 12.8 Å². The van der Waals surface area contributed by atoms with Crippen molar-refractivity contribution in [1.29, 1.82) is 0 Å². The van der Waals surface area contributed by atoms with Crippen LogP contribution in [0, 0.1) is 5.82 Å². The van der Waals surface area contributed by atoms with Crippen LogP contribution < -0.4 is 4.31 Å². The molecule has 8 nitrogen and oxygen atoms in total. The van der Waals surface area contributed by atoms with E-state index in [1.165, 1.54) is 20.7 Å². The molecular formula is C26H33FN4O4S2. The van der Waals surface area contributed by atoms with Gasteiger partial charge in [-0.15, -0.1) is 0 Å². The number of anilines is 1. The Kier molecular flexibility index (Phi) is 6.84. The summed E-state index contributed by atoms with van der Waals surface area (Å²) in [6.45, 7) is 6.26. The molecule has 3 heterocycles. The number of hydrogen-bond acceptors (Lipinski definition) is 5. The number of hydrogen-bond donors (Lipinski definition) is 1. The number of halogens is 1. The molecule has 37 heavy (non-hydrogen) atoms. The van der Waals surface area contributed by atoms with Crippen LogP contribution in [0.1, 0.15) is 43.7 Å². The monoisotopic (exact) mass is 548 g/mol. The molecular weight excluding hydrogens is 515 g/mol. The zero-order chi connectivity index (χ0) is 26.5. The number of nitrogens with zero attached hydrogens (tertiary/aromatic N) is 3. The van der Waals surface area contributed by atoms with Crippen LogP contribution in [0.2, 0.25) is 0 Å². The number of likely N-dealkylation sites (tertiary alicyclic amines) is 1. The van der Waals surface area contributed by atoms with Crippen LogP contribution in [0.5, 0.6) is 0 Å². The van der Waals surface area contributed by atoms with Gasteiger partial charge in [-0.05, 0) is 81.1 Å². The number of aromatic amines is 1. The molecule has 1 saturated heterocycles. The van der Waals surface area contributed by atoms with Crippen molar-refractivity contribution in [2.24, 2.45) is 0 Å². The van der Waals surface area contributed by atoms with Crippen molar-refractivity contribution in [3.05, 3.63) is 59.5 Å². The van der Waals surface area contributed by atoms with E-state index in [1.807, 2.05) is 26.1 Å². The third-order valence-corrected chi connectivity index (χ3v) is 10.8. The lowest BCUT2D eigenvalue weighted by molar-refractivity contribution is 0.217. The first kappa shape index (κ1) is 26.1. The van der Waals surface area contributed by atoms with Crippen LogP contribution in [-0.4, -0.2) is 69.5 Å². The van der Waals surface area contributed by atoms with Crippen molar-refractivity contribution in [2.75, 3.05) is 36.7 Å². The van der Waals surface area contributed by atoms with Crippen LogP contribution in [0.15, 0.2) is 47.5 Å². The molecule has 5 rings (SSSR count). The number of rotatable bonds is 6. The second-order valence-corrected chi connectivity index (χ2v) is 14.1. The molecule has 2 aliphatic rings. The molecule has 0 aliphatic carbocycles. The highest BCUT2D eigenvalue weighted by molar-refractivity contribution is 7.91. The van der Waals surface area contributed by atoms with Gasteiger partial charge in [-0.2, -0.15) is 12.7 Å². The number of benzene rings is 2. The van der Waals surface area contributed by atoms with Gasteiger partial charge in [0.05, 0.1) is 16.1 Å². The van der Waals surface area contributed by atoms with Crippen molar-refractivity contribution in [2.45, 2.75) is 50.1 Å². The summed E-state index contributed by atoms with van der Waals surface area (Å²) in [5, 5.41) is 0.928. The average molecular weight is 549 g/mol. The Morgan fingerprint density at radius 3 is 2.51 bits per heavy atom. The van der Waals surface area contributed by atoms with E-state index in [0.29, 0.717) is 29.2 Å². The second kappa shape index (κ2) is 9.68. The molecule has 2 aliphatic heterocycles. The zero-order valence-electron chi connectivity index (χ0n) is 21.3. The smallest absolute Gasteiger partial charge is 0.304 e. The van der Waals surface area contributed by atoms with Crippen LogP contribution in [-0.2, 0) is 26.6 Å². The Labute approximate surface area is 218 Å². The van der Waals surface area contributed by atoms with Gasteiger partial charge < -0.3 is 9.88 Å². The number of para-hydroxylation sites is 1. The molecule has 0 radical (unpaired) electrons. The minimum absolute atomic E-state index is 0.145. The minimum Gasteiger partial charge on any atom is -0.359 e.